The first kappa shape index (κ1) is 16.1. The third kappa shape index (κ3) is 4.63. The topological polar surface area (TPSA) is 35.2 Å². The smallest absolute Gasteiger partial charge is 0.122 e. The number of anilines is 1. The molecule has 2 heteroatoms. The van der Waals surface area contributed by atoms with Gasteiger partial charge in [0.2, 0.25) is 0 Å². The van der Waals surface area contributed by atoms with Crippen LogP contribution in [0.2, 0.25) is 0 Å². The summed E-state index contributed by atoms with van der Waals surface area (Å²) in [5.74, 6) is 0.985. The third-order valence-corrected chi connectivity index (χ3v) is 4.10. The number of hydrogen-bond donors (Lipinski definition) is 1. The highest BCUT2D eigenvalue weighted by Crippen LogP contribution is 2.21. The van der Waals surface area contributed by atoms with E-state index in [-0.39, 0.29) is 0 Å². The fourth-order valence-corrected chi connectivity index (χ4v) is 2.75. The largest absolute Gasteiger partial charge is 0.489 e. The Morgan fingerprint density at radius 2 is 1.38 bits per heavy atom. The van der Waals surface area contributed by atoms with Crippen LogP contribution in [0.15, 0.2) is 78.9 Å². The summed E-state index contributed by atoms with van der Waals surface area (Å²) >= 11 is 0. The van der Waals surface area contributed by atoms with Crippen LogP contribution in [-0.2, 0) is 19.4 Å². The SMILES string of the molecule is Nc1ccc(CCCc2ccccc2OCc2ccccc2)cc1. The first-order chi connectivity index (χ1) is 11.8. The number of nitrogen functional groups attached to an aromatic ring is 1. The summed E-state index contributed by atoms with van der Waals surface area (Å²) in [5.41, 5.74) is 10.3. The third-order valence-electron chi connectivity index (χ3n) is 4.10. The molecule has 3 rings (SSSR count). The fourth-order valence-electron chi connectivity index (χ4n) is 2.75. The molecule has 2 nitrogen and oxygen atoms in total. The molecular formula is C22H23NO. The van der Waals surface area contributed by atoms with E-state index in [0.29, 0.717) is 6.61 Å². The van der Waals surface area contributed by atoms with E-state index < -0.39 is 0 Å². The molecule has 2 N–H and O–H groups in total. The van der Waals surface area contributed by atoms with Gasteiger partial charge in [-0.2, -0.15) is 0 Å². The molecule has 122 valence electrons. The molecule has 0 aromatic heterocycles. The Kier molecular flexibility index (Phi) is 5.52. The first-order valence-electron chi connectivity index (χ1n) is 8.40. The molecule has 24 heavy (non-hydrogen) atoms. The molecule has 0 heterocycles. The van der Waals surface area contributed by atoms with Gasteiger partial charge in [-0.3, -0.25) is 0 Å². The monoisotopic (exact) mass is 317 g/mol. The summed E-state index contributed by atoms with van der Waals surface area (Å²) in [7, 11) is 0. The van der Waals surface area contributed by atoms with Crippen molar-refractivity contribution in [2.45, 2.75) is 25.9 Å². The minimum absolute atomic E-state index is 0.607. The Morgan fingerprint density at radius 3 is 2.17 bits per heavy atom. The van der Waals surface area contributed by atoms with Gasteiger partial charge >= 0.3 is 0 Å². The second kappa shape index (κ2) is 8.21. The number of benzene rings is 3. The molecule has 0 saturated carbocycles. The molecule has 3 aromatic rings. The number of nitrogens with two attached hydrogens (primary N) is 1. The van der Waals surface area contributed by atoms with E-state index in [1.807, 2.05) is 36.4 Å². The van der Waals surface area contributed by atoms with Gasteiger partial charge in [0, 0.05) is 5.69 Å². The van der Waals surface area contributed by atoms with Gasteiger partial charge in [-0.05, 0) is 54.2 Å². The normalized spacial score (nSPS) is 10.5. The Labute approximate surface area is 143 Å². The minimum Gasteiger partial charge on any atom is -0.489 e. The van der Waals surface area contributed by atoms with E-state index in [0.717, 1.165) is 30.7 Å². The fraction of sp³-hybridized carbons (Fsp3) is 0.182. The summed E-state index contributed by atoms with van der Waals surface area (Å²) in [6, 6.07) is 26.7. The minimum atomic E-state index is 0.607. The second-order valence-corrected chi connectivity index (χ2v) is 5.98. The second-order valence-electron chi connectivity index (χ2n) is 5.98. The number of aryl methyl sites for hydroxylation is 2. The molecule has 0 fully saturated rings. The molecule has 0 aliphatic rings. The predicted molar refractivity (Wildman–Crippen MR) is 100 cm³/mol. The molecule has 0 saturated heterocycles. The lowest BCUT2D eigenvalue weighted by Crippen LogP contribution is -1.99. The zero-order valence-corrected chi connectivity index (χ0v) is 13.8. The van der Waals surface area contributed by atoms with Crippen LogP contribution in [0.1, 0.15) is 23.1 Å². The average molecular weight is 317 g/mol. The van der Waals surface area contributed by atoms with Crippen LogP contribution in [-0.4, -0.2) is 0 Å². The quantitative estimate of drug-likeness (QED) is 0.621. The van der Waals surface area contributed by atoms with E-state index in [9.17, 15) is 0 Å². The first-order valence-corrected chi connectivity index (χ1v) is 8.40. The standard InChI is InChI=1S/C22H23NO/c23-21-15-13-18(14-16-21)9-6-11-20-10-4-5-12-22(20)24-17-19-7-2-1-3-8-19/h1-5,7-8,10,12-16H,6,9,11,17,23H2. The van der Waals surface area contributed by atoms with Crippen molar-refractivity contribution in [3.63, 3.8) is 0 Å². The van der Waals surface area contributed by atoms with E-state index in [2.05, 4.69) is 42.5 Å². The van der Waals surface area contributed by atoms with Crippen molar-refractivity contribution < 1.29 is 4.74 Å². The van der Waals surface area contributed by atoms with E-state index >= 15 is 0 Å². The molecule has 0 bridgehead atoms. The van der Waals surface area contributed by atoms with Crippen molar-refractivity contribution in [3.8, 4) is 5.75 Å². The number of rotatable bonds is 7. The zero-order chi connectivity index (χ0) is 16.6. The van der Waals surface area contributed by atoms with Crippen molar-refractivity contribution in [2.75, 3.05) is 5.73 Å². The lowest BCUT2D eigenvalue weighted by Gasteiger charge is -2.11. The van der Waals surface area contributed by atoms with Crippen LogP contribution in [0.5, 0.6) is 5.75 Å². The predicted octanol–water partition coefficient (Wildman–Crippen LogP) is 5.02. The molecule has 3 aromatic carbocycles. The Bertz CT molecular complexity index is 750. The van der Waals surface area contributed by atoms with Crippen LogP contribution in [0, 0.1) is 0 Å². The van der Waals surface area contributed by atoms with Gasteiger partial charge < -0.3 is 10.5 Å². The highest BCUT2D eigenvalue weighted by Gasteiger charge is 2.04. The number of para-hydroxylation sites is 1. The summed E-state index contributed by atoms with van der Waals surface area (Å²) in [6.07, 6.45) is 3.15. The van der Waals surface area contributed by atoms with Gasteiger partial charge in [-0.1, -0.05) is 60.7 Å². The van der Waals surface area contributed by atoms with Crippen molar-refractivity contribution in [1.82, 2.24) is 0 Å². The van der Waals surface area contributed by atoms with Gasteiger partial charge in [-0.15, -0.1) is 0 Å². The van der Waals surface area contributed by atoms with Gasteiger partial charge in [0.15, 0.2) is 0 Å². The van der Waals surface area contributed by atoms with Gasteiger partial charge in [0.1, 0.15) is 12.4 Å². The Morgan fingerprint density at radius 1 is 0.667 bits per heavy atom. The molecular weight excluding hydrogens is 294 g/mol. The van der Waals surface area contributed by atoms with Crippen molar-refractivity contribution >= 4 is 5.69 Å². The van der Waals surface area contributed by atoms with Crippen LogP contribution in [0.25, 0.3) is 0 Å². The van der Waals surface area contributed by atoms with Gasteiger partial charge in [0.25, 0.3) is 0 Å². The van der Waals surface area contributed by atoms with Crippen molar-refractivity contribution in [1.29, 1.82) is 0 Å². The molecule has 0 spiro atoms. The van der Waals surface area contributed by atoms with Crippen LogP contribution in [0.4, 0.5) is 5.69 Å². The molecule has 0 aliphatic carbocycles. The molecule has 0 unspecified atom stereocenters. The lowest BCUT2D eigenvalue weighted by molar-refractivity contribution is 0.302. The molecule has 0 atom stereocenters. The number of ether oxygens (including phenoxy) is 1. The lowest BCUT2D eigenvalue weighted by atomic mass is 10.0. The Balaban J connectivity index is 1.56. The summed E-state index contributed by atoms with van der Waals surface area (Å²) in [4.78, 5) is 0. The zero-order valence-electron chi connectivity index (χ0n) is 13.8. The Hall–Kier alpha value is -2.74. The highest BCUT2D eigenvalue weighted by atomic mass is 16.5. The van der Waals surface area contributed by atoms with Gasteiger partial charge in [-0.25, -0.2) is 0 Å². The summed E-state index contributed by atoms with van der Waals surface area (Å²) in [6.45, 7) is 0.607. The van der Waals surface area contributed by atoms with E-state index in [1.165, 1.54) is 16.7 Å². The van der Waals surface area contributed by atoms with E-state index in [4.69, 9.17) is 10.5 Å². The molecule has 0 radical (unpaired) electrons. The highest BCUT2D eigenvalue weighted by molar-refractivity contribution is 5.39. The maximum Gasteiger partial charge on any atom is 0.122 e. The van der Waals surface area contributed by atoms with Crippen LogP contribution < -0.4 is 10.5 Å². The summed E-state index contributed by atoms with van der Waals surface area (Å²) in [5, 5.41) is 0. The van der Waals surface area contributed by atoms with Crippen molar-refractivity contribution in [3.05, 3.63) is 95.6 Å². The number of hydrogen-bond acceptors (Lipinski definition) is 2. The van der Waals surface area contributed by atoms with Crippen molar-refractivity contribution in [2.24, 2.45) is 0 Å². The maximum absolute atomic E-state index is 6.03. The average Bonchev–Trinajstić information content (AvgIpc) is 2.63. The summed E-state index contributed by atoms with van der Waals surface area (Å²) < 4.78 is 6.03. The maximum atomic E-state index is 6.03. The van der Waals surface area contributed by atoms with Crippen LogP contribution in [0.3, 0.4) is 0 Å². The molecule has 0 aliphatic heterocycles. The van der Waals surface area contributed by atoms with Crippen LogP contribution >= 0.6 is 0 Å². The van der Waals surface area contributed by atoms with E-state index in [1.54, 1.807) is 0 Å². The van der Waals surface area contributed by atoms with Gasteiger partial charge in [0.05, 0.1) is 0 Å². The molecule has 0 amide bonds.